The first-order valence-corrected chi connectivity index (χ1v) is 11.1. The number of aryl methyl sites for hydroxylation is 1. The number of rotatable bonds is 3. The Morgan fingerprint density at radius 2 is 1.88 bits per heavy atom. The van der Waals surface area contributed by atoms with E-state index in [-0.39, 0.29) is 5.91 Å². The monoisotopic (exact) mass is 437 g/mol. The molecule has 0 atom stereocenters. The number of hydrogen-bond donors (Lipinski definition) is 1. The molecule has 5 heterocycles. The average Bonchev–Trinajstić information content (AvgIpc) is 3.48. The van der Waals surface area contributed by atoms with Crippen molar-refractivity contribution >= 4 is 22.5 Å². The fourth-order valence-electron chi connectivity index (χ4n) is 4.54. The van der Waals surface area contributed by atoms with Crippen LogP contribution in [0.25, 0.3) is 38.8 Å². The third-order valence-corrected chi connectivity index (χ3v) is 6.35. The quantitative estimate of drug-likeness (QED) is 0.456. The Balaban J connectivity index is 1.44. The van der Waals surface area contributed by atoms with Crippen molar-refractivity contribution < 1.29 is 9.53 Å². The maximum atomic E-state index is 13.1. The van der Waals surface area contributed by atoms with E-state index in [4.69, 9.17) is 4.74 Å². The Morgan fingerprint density at radius 3 is 2.73 bits per heavy atom. The number of amides is 1. The van der Waals surface area contributed by atoms with Gasteiger partial charge in [-0.2, -0.15) is 5.10 Å². The molecule has 0 saturated carbocycles. The van der Waals surface area contributed by atoms with Gasteiger partial charge in [0.15, 0.2) is 0 Å². The first-order valence-electron chi connectivity index (χ1n) is 11.1. The lowest BCUT2D eigenvalue weighted by Gasteiger charge is -2.26. The molecule has 6 rings (SSSR count). The van der Waals surface area contributed by atoms with Gasteiger partial charge < -0.3 is 14.6 Å². The molecule has 1 fully saturated rings. The number of aromatic nitrogens is 4. The Morgan fingerprint density at radius 1 is 1.03 bits per heavy atom. The third-order valence-electron chi connectivity index (χ3n) is 6.35. The summed E-state index contributed by atoms with van der Waals surface area (Å²) in [5.74, 6) is -0.00659. The number of aromatic amines is 1. The van der Waals surface area contributed by atoms with Crippen molar-refractivity contribution in [2.75, 3.05) is 26.3 Å². The van der Waals surface area contributed by atoms with Crippen LogP contribution in [0.3, 0.4) is 0 Å². The summed E-state index contributed by atoms with van der Waals surface area (Å²) in [5.41, 5.74) is 7.75. The number of carbonyl (C=O) groups excluding carboxylic acids is 1. The molecular weight excluding hydrogens is 414 g/mol. The second-order valence-corrected chi connectivity index (χ2v) is 8.35. The molecule has 5 aromatic rings. The fourth-order valence-corrected chi connectivity index (χ4v) is 4.54. The Hall–Kier alpha value is -3.97. The molecule has 7 heteroatoms. The molecule has 1 amide bonds. The minimum absolute atomic E-state index is 0.00659. The summed E-state index contributed by atoms with van der Waals surface area (Å²) < 4.78 is 7.14. The maximum absolute atomic E-state index is 13.1. The van der Waals surface area contributed by atoms with Crippen LogP contribution in [-0.4, -0.2) is 56.7 Å². The van der Waals surface area contributed by atoms with Gasteiger partial charge in [-0.25, -0.2) is 9.50 Å². The molecule has 0 aliphatic carbocycles. The first kappa shape index (κ1) is 19.7. The van der Waals surface area contributed by atoms with E-state index in [9.17, 15) is 4.79 Å². The van der Waals surface area contributed by atoms with Gasteiger partial charge in [0, 0.05) is 48.2 Å². The standard InChI is InChI=1S/C26H23N5O2/c1-17-4-2-3-5-20(17)19-12-21-22(15-28-25(21)27-14-19)18-6-7-31-24(13-18)23(16-29-31)26(32)30-8-10-33-11-9-30/h2-7,12-16H,8-11H2,1H3,(H,27,28). The number of hydrogen-bond acceptors (Lipinski definition) is 4. The van der Waals surface area contributed by atoms with Crippen molar-refractivity contribution in [3.63, 3.8) is 0 Å². The van der Waals surface area contributed by atoms with Crippen LogP contribution in [0.4, 0.5) is 0 Å². The second kappa shape index (κ2) is 7.86. The van der Waals surface area contributed by atoms with Crippen LogP contribution in [0.1, 0.15) is 15.9 Å². The normalized spacial score (nSPS) is 14.3. The van der Waals surface area contributed by atoms with E-state index in [1.165, 1.54) is 11.1 Å². The molecule has 4 aromatic heterocycles. The summed E-state index contributed by atoms with van der Waals surface area (Å²) in [6.45, 7) is 4.46. The smallest absolute Gasteiger partial charge is 0.257 e. The number of carbonyl (C=O) groups is 1. The van der Waals surface area contributed by atoms with Crippen molar-refractivity contribution in [3.05, 3.63) is 78.4 Å². The lowest BCUT2D eigenvalue weighted by atomic mass is 9.99. The molecule has 0 spiro atoms. The Labute approximate surface area is 190 Å². The van der Waals surface area contributed by atoms with E-state index in [1.807, 2.05) is 47.8 Å². The molecule has 0 radical (unpaired) electrons. The molecule has 1 aliphatic rings. The minimum atomic E-state index is -0.00659. The van der Waals surface area contributed by atoms with Gasteiger partial charge in [-0.15, -0.1) is 0 Å². The van der Waals surface area contributed by atoms with Crippen LogP contribution in [0.15, 0.2) is 67.3 Å². The topological polar surface area (TPSA) is 75.5 Å². The number of nitrogens with one attached hydrogen (secondary N) is 1. The zero-order valence-electron chi connectivity index (χ0n) is 18.3. The van der Waals surface area contributed by atoms with Gasteiger partial charge in [-0.3, -0.25) is 4.79 Å². The zero-order chi connectivity index (χ0) is 22.4. The van der Waals surface area contributed by atoms with E-state index in [2.05, 4.69) is 40.2 Å². The summed E-state index contributed by atoms with van der Waals surface area (Å²) in [6.07, 6.45) is 7.44. The lowest BCUT2D eigenvalue weighted by molar-refractivity contribution is 0.0304. The number of pyridine rings is 2. The molecule has 1 aliphatic heterocycles. The molecule has 0 bridgehead atoms. The number of fused-ring (bicyclic) bond motifs is 2. The average molecular weight is 438 g/mol. The zero-order valence-corrected chi connectivity index (χ0v) is 18.3. The molecule has 1 saturated heterocycles. The van der Waals surface area contributed by atoms with Crippen LogP contribution < -0.4 is 0 Å². The second-order valence-electron chi connectivity index (χ2n) is 8.35. The first-order chi connectivity index (χ1) is 16.2. The van der Waals surface area contributed by atoms with Crippen LogP contribution in [-0.2, 0) is 4.74 Å². The Bertz CT molecular complexity index is 1490. The summed E-state index contributed by atoms with van der Waals surface area (Å²) in [4.78, 5) is 22.9. The maximum Gasteiger partial charge on any atom is 0.257 e. The molecule has 33 heavy (non-hydrogen) atoms. The summed E-state index contributed by atoms with van der Waals surface area (Å²) in [7, 11) is 0. The number of ether oxygens (including phenoxy) is 1. The van der Waals surface area contributed by atoms with Gasteiger partial charge in [-0.1, -0.05) is 24.3 Å². The molecule has 0 unspecified atom stereocenters. The van der Waals surface area contributed by atoms with Crippen molar-refractivity contribution in [3.8, 4) is 22.3 Å². The van der Waals surface area contributed by atoms with Crippen molar-refractivity contribution in [2.45, 2.75) is 6.92 Å². The molecule has 1 N–H and O–H groups in total. The Kier molecular flexibility index (Phi) is 4.69. The van der Waals surface area contributed by atoms with E-state index in [0.717, 1.165) is 33.2 Å². The van der Waals surface area contributed by atoms with Gasteiger partial charge in [0.05, 0.1) is 30.5 Å². The lowest BCUT2D eigenvalue weighted by Crippen LogP contribution is -2.40. The fraction of sp³-hybridized carbons (Fsp3) is 0.192. The summed E-state index contributed by atoms with van der Waals surface area (Å²) in [5, 5.41) is 5.44. The van der Waals surface area contributed by atoms with Gasteiger partial charge >= 0.3 is 0 Å². The number of H-pyrrole nitrogens is 1. The third kappa shape index (κ3) is 3.37. The summed E-state index contributed by atoms with van der Waals surface area (Å²) in [6, 6.07) is 14.5. The number of benzene rings is 1. The molecule has 1 aromatic carbocycles. The highest BCUT2D eigenvalue weighted by molar-refractivity contribution is 6.02. The van der Waals surface area contributed by atoms with Gasteiger partial charge in [0.2, 0.25) is 0 Å². The SMILES string of the molecule is Cc1ccccc1-c1cnc2[nH]cc(-c3ccn4ncc(C(=O)N5CCOCC5)c4c3)c2c1. The van der Waals surface area contributed by atoms with Crippen LogP contribution >= 0.6 is 0 Å². The van der Waals surface area contributed by atoms with Gasteiger partial charge in [-0.05, 0) is 41.8 Å². The predicted molar refractivity (Wildman–Crippen MR) is 127 cm³/mol. The molecular formula is C26H23N5O2. The van der Waals surface area contributed by atoms with Crippen LogP contribution in [0.2, 0.25) is 0 Å². The van der Waals surface area contributed by atoms with Crippen molar-refractivity contribution in [2.24, 2.45) is 0 Å². The largest absolute Gasteiger partial charge is 0.378 e. The highest BCUT2D eigenvalue weighted by Crippen LogP contribution is 2.33. The highest BCUT2D eigenvalue weighted by Gasteiger charge is 2.22. The van der Waals surface area contributed by atoms with E-state index >= 15 is 0 Å². The van der Waals surface area contributed by atoms with E-state index in [1.54, 1.807) is 10.7 Å². The van der Waals surface area contributed by atoms with Gasteiger partial charge in [0.1, 0.15) is 5.65 Å². The highest BCUT2D eigenvalue weighted by atomic mass is 16.5. The van der Waals surface area contributed by atoms with Crippen molar-refractivity contribution in [1.82, 2.24) is 24.5 Å². The molecule has 164 valence electrons. The summed E-state index contributed by atoms with van der Waals surface area (Å²) >= 11 is 0. The van der Waals surface area contributed by atoms with E-state index in [0.29, 0.717) is 31.9 Å². The predicted octanol–water partition coefficient (Wildman–Crippen LogP) is 4.33. The van der Waals surface area contributed by atoms with Gasteiger partial charge in [0.25, 0.3) is 5.91 Å². The number of morpholine rings is 1. The number of nitrogens with zero attached hydrogens (tertiary/aromatic N) is 4. The van der Waals surface area contributed by atoms with Crippen molar-refractivity contribution in [1.29, 1.82) is 0 Å². The van der Waals surface area contributed by atoms with E-state index < -0.39 is 0 Å². The molecule has 7 nitrogen and oxygen atoms in total. The minimum Gasteiger partial charge on any atom is -0.378 e. The van der Waals surface area contributed by atoms with Crippen LogP contribution in [0, 0.1) is 6.92 Å². The van der Waals surface area contributed by atoms with Crippen LogP contribution in [0.5, 0.6) is 0 Å².